The molecule has 28 heavy (non-hydrogen) atoms. The van der Waals surface area contributed by atoms with E-state index in [1.165, 1.54) is 12.1 Å². The Morgan fingerprint density at radius 2 is 1.68 bits per heavy atom. The molecule has 0 saturated carbocycles. The van der Waals surface area contributed by atoms with Gasteiger partial charge in [-0.2, -0.15) is 18.2 Å². The zero-order valence-corrected chi connectivity index (χ0v) is 15.5. The number of nitrogens with zero attached hydrogens (tertiary/aromatic N) is 4. The van der Waals surface area contributed by atoms with E-state index in [1.807, 2.05) is 31.0 Å². The third-order valence-electron chi connectivity index (χ3n) is 4.15. The van der Waals surface area contributed by atoms with E-state index in [0.717, 1.165) is 29.8 Å². The average molecular weight is 387 g/mol. The van der Waals surface area contributed by atoms with Crippen molar-refractivity contribution in [2.75, 3.05) is 23.8 Å². The largest absolute Gasteiger partial charge is 0.416 e. The summed E-state index contributed by atoms with van der Waals surface area (Å²) in [5, 5.41) is 3.04. The highest BCUT2D eigenvalue weighted by atomic mass is 19.4. The van der Waals surface area contributed by atoms with Crippen molar-refractivity contribution in [1.82, 2.24) is 15.0 Å². The maximum absolute atomic E-state index is 12.7. The molecule has 146 valence electrons. The van der Waals surface area contributed by atoms with Crippen molar-refractivity contribution in [3.8, 4) is 0 Å². The number of likely N-dealkylation sites (N-methyl/N-ethyl adjacent to an activating group) is 1. The number of aryl methyl sites for hydroxylation is 1. The summed E-state index contributed by atoms with van der Waals surface area (Å²) in [6.07, 6.45) is -0.0259. The topological polar surface area (TPSA) is 53.9 Å². The van der Waals surface area contributed by atoms with E-state index in [-0.39, 0.29) is 0 Å². The number of pyridine rings is 1. The lowest BCUT2D eigenvalue weighted by molar-refractivity contribution is -0.137. The highest BCUT2D eigenvalue weighted by Gasteiger charge is 2.29. The van der Waals surface area contributed by atoms with Gasteiger partial charge < -0.3 is 10.2 Å². The van der Waals surface area contributed by atoms with Gasteiger partial charge in [0.15, 0.2) is 0 Å². The van der Waals surface area contributed by atoms with Gasteiger partial charge in [-0.15, -0.1) is 0 Å². The van der Waals surface area contributed by atoms with Crippen molar-refractivity contribution in [3.63, 3.8) is 0 Å². The van der Waals surface area contributed by atoms with Crippen molar-refractivity contribution >= 4 is 17.5 Å². The smallest absolute Gasteiger partial charge is 0.343 e. The van der Waals surface area contributed by atoms with Crippen LogP contribution < -0.4 is 10.2 Å². The standard InChI is InChI=1S/C20H20F3N5/c1-14-13-18(26-17-5-3-16(4-6-17)20(21,22)23)27-19(25-14)28(2)12-9-15-7-10-24-11-8-15/h3-8,10-11,13H,9,12H2,1-2H3,(H,25,26,27). The van der Waals surface area contributed by atoms with Crippen molar-refractivity contribution in [2.24, 2.45) is 0 Å². The third kappa shape index (κ3) is 5.18. The van der Waals surface area contributed by atoms with Crippen molar-refractivity contribution in [2.45, 2.75) is 19.5 Å². The van der Waals surface area contributed by atoms with Gasteiger partial charge in [-0.3, -0.25) is 4.98 Å². The van der Waals surface area contributed by atoms with Gasteiger partial charge in [-0.05, 0) is 55.3 Å². The van der Waals surface area contributed by atoms with Gasteiger partial charge in [0.1, 0.15) is 5.82 Å². The molecule has 0 amide bonds. The molecule has 0 aliphatic rings. The lowest BCUT2D eigenvalue weighted by atomic mass is 10.2. The van der Waals surface area contributed by atoms with Gasteiger partial charge in [0, 0.05) is 43.4 Å². The number of aromatic nitrogens is 3. The zero-order chi connectivity index (χ0) is 20.1. The summed E-state index contributed by atoms with van der Waals surface area (Å²) in [6.45, 7) is 2.56. The van der Waals surface area contributed by atoms with Crippen LogP contribution in [0.4, 0.5) is 30.6 Å². The van der Waals surface area contributed by atoms with E-state index >= 15 is 0 Å². The predicted octanol–water partition coefficient (Wildman–Crippen LogP) is 4.62. The second-order valence-electron chi connectivity index (χ2n) is 6.42. The van der Waals surface area contributed by atoms with Crippen LogP contribution in [0, 0.1) is 6.92 Å². The first-order chi connectivity index (χ1) is 13.3. The summed E-state index contributed by atoms with van der Waals surface area (Å²) in [4.78, 5) is 14.9. The summed E-state index contributed by atoms with van der Waals surface area (Å²) < 4.78 is 38.1. The summed E-state index contributed by atoms with van der Waals surface area (Å²) in [6, 6.07) is 10.5. The molecule has 0 atom stereocenters. The van der Waals surface area contributed by atoms with E-state index < -0.39 is 11.7 Å². The van der Waals surface area contributed by atoms with E-state index in [0.29, 0.717) is 24.0 Å². The van der Waals surface area contributed by atoms with Crippen LogP contribution in [-0.4, -0.2) is 28.5 Å². The molecule has 5 nitrogen and oxygen atoms in total. The first-order valence-corrected chi connectivity index (χ1v) is 8.71. The Balaban J connectivity index is 1.70. The first kappa shape index (κ1) is 19.6. The van der Waals surface area contributed by atoms with Crippen molar-refractivity contribution in [3.05, 3.63) is 71.7 Å². The maximum atomic E-state index is 12.7. The van der Waals surface area contributed by atoms with Crippen LogP contribution in [0.15, 0.2) is 54.9 Å². The van der Waals surface area contributed by atoms with Crippen LogP contribution in [0.25, 0.3) is 0 Å². The monoisotopic (exact) mass is 387 g/mol. The Morgan fingerprint density at radius 1 is 1.00 bits per heavy atom. The van der Waals surface area contributed by atoms with Crippen LogP contribution >= 0.6 is 0 Å². The molecule has 0 aliphatic heterocycles. The fourth-order valence-corrected chi connectivity index (χ4v) is 2.62. The minimum atomic E-state index is -4.35. The Hall–Kier alpha value is -3.16. The molecule has 0 fully saturated rings. The van der Waals surface area contributed by atoms with Gasteiger partial charge >= 0.3 is 6.18 Å². The molecule has 1 aromatic carbocycles. The summed E-state index contributed by atoms with van der Waals surface area (Å²) in [5.41, 5.74) is 1.76. The highest BCUT2D eigenvalue weighted by Crippen LogP contribution is 2.30. The second-order valence-corrected chi connectivity index (χ2v) is 6.42. The number of halogens is 3. The van der Waals surface area contributed by atoms with Crippen molar-refractivity contribution in [1.29, 1.82) is 0 Å². The molecular formula is C20H20F3N5. The van der Waals surface area contributed by atoms with Gasteiger partial charge in [0.2, 0.25) is 5.95 Å². The van der Waals surface area contributed by atoms with Gasteiger partial charge in [-0.25, -0.2) is 4.98 Å². The molecule has 0 unspecified atom stereocenters. The predicted molar refractivity (Wildman–Crippen MR) is 103 cm³/mol. The fraction of sp³-hybridized carbons (Fsp3) is 0.250. The number of alkyl halides is 3. The Kier molecular flexibility index (Phi) is 5.77. The minimum absolute atomic E-state index is 0.525. The molecule has 0 saturated heterocycles. The van der Waals surface area contributed by atoms with Crippen LogP contribution in [0.1, 0.15) is 16.8 Å². The van der Waals surface area contributed by atoms with E-state index in [4.69, 9.17) is 0 Å². The number of nitrogens with one attached hydrogen (secondary N) is 1. The molecular weight excluding hydrogens is 367 g/mol. The van der Waals surface area contributed by atoms with Crippen LogP contribution in [0.3, 0.4) is 0 Å². The quantitative estimate of drug-likeness (QED) is 0.669. The number of benzene rings is 1. The average Bonchev–Trinajstić information content (AvgIpc) is 2.66. The Labute approximate surface area is 161 Å². The number of hydrogen-bond acceptors (Lipinski definition) is 5. The highest BCUT2D eigenvalue weighted by molar-refractivity contribution is 5.58. The van der Waals surface area contributed by atoms with E-state index in [1.54, 1.807) is 18.5 Å². The molecule has 0 spiro atoms. The number of rotatable bonds is 6. The van der Waals surface area contributed by atoms with Crippen LogP contribution in [-0.2, 0) is 12.6 Å². The molecule has 8 heteroatoms. The SMILES string of the molecule is Cc1cc(Nc2ccc(C(F)(F)F)cc2)nc(N(C)CCc2ccncc2)n1. The molecule has 3 rings (SSSR count). The van der Waals surface area contributed by atoms with Gasteiger partial charge in [-0.1, -0.05) is 0 Å². The lowest BCUT2D eigenvalue weighted by Crippen LogP contribution is -2.23. The summed E-state index contributed by atoms with van der Waals surface area (Å²) in [7, 11) is 1.90. The first-order valence-electron chi connectivity index (χ1n) is 8.71. The van der Waals surface area contributed by atoms with Crippen molar-refractivity contribution < 1.29 is 13.2 Å². The van der Waals surface area contributed by atoms with Gasteiger partial charge in [0.05, 0.1) is 5.56 Å². The molecule has 2 aromatic heterocycles. The molecule has 1 N–H and O–H groups in total. The summed E-state index contributed by atoms with van der Waals surface area (Å²) in [5.74, 6) is 1.07. The Morgan fingerprint density at radius 3 is 2.32 bits per heavy atom. The van der Waals surface area contributed by atoms with Crippen LogP contribution in [0.5, 0.6) is 0 Å². The molecule has 0 aliphatic carbocycles. The lowest BCUT2D eigenvalue weighted by Gasteiger charge is -2.18. The second kappa shape index (κ2) is 8.24. The third-order valence-corrected chi connectivity index (χ3v) is 4.15. The molecule has 2 heterocycles. The number of anilines is 3. The Bertz CT molecular complexity index is 911. The molecule has 0 radical (unpaired) electrons. The fourth-order valence-electron chi connectivity index (χ4n) is 2.62. The van der Waals surface area contributed by atoms with Gasteiger partial charge in [0.25, 0.3) is 0 Å². The van der Waals surface area contributed by atoms with E-state index in [9.17, 15) is 13.2 Å². The van der Waals surface area contributed by atoms with Crippen LogP contribution in [0.2, 0.25) is 0 Å². The maximum Gasteiger partial charge on any atom is 0.416 e. The normalized spacial score (nSPS) is 11.3. The number of hydrogen-bond donors (Lipinski definition) is 1. The molecule has 3 aromatic rings. The molecule has 0 bridgehead atoms. The van der Waals surface area contributed by atoms with E-state index in [2.05, 4.69) is 20.3 Å². The minimum Gasteiger partial charge on any atom is -0.343 e. The summed E-state index contributed by atoms with van der Waals surface area (Å²) >= 11 is 0. The zero-order valence-electron chi connectivity index (χ0n) is 15.5.